The van der Waals surface area contributed by atoms with E-state index in [1.54, 1.807) is 10.8 Å². The lowest BCUT2D eigenvalue weighted by atomic mass is 10.1. The number of nitrogens with zero attached hydrogens (tertiary/aromatic N) is 2. The number of carbonyl (C=O) groups is 1. The van der Waals surface area contributed by atoms with E-state index in [9.17, 15) is 18.0 Å². The molecule has 4 aromatic rings. The number of rotatable bonds is 10. The van der Waals surface area contributed by atoms with E-state index in [1.165, 1.54) is 23.5 Å². The highest BCUT2D eigenvalue weighted by atomic mass is 32.1. The van der Waals surface area contributed by atoms with Gasteiger partial charge in [0.15, 0.2) is 0 Å². The second-order valence-corrected chi connectivity index (χ2v) is 9.28. The Bertz CT molecular complexity index is 1310. The number of halogens is 3. The molecular weight excluding hydrogens is 477 g/mol. The van der Waals surface area contributed by atoms with Gasteiger partial charge < -0.3 is 14.4 Å². The van der Waals surface area contributed by atoms with Crippen LogP contribution in [0.1, 0.15) is 35.9 Å². The van der Waals surface area contributed by atoms with Crippen LogP contribution in [-0.2, 0) is 30.4 Å². The molecule has 5 nitrogen and oxygen atoms in total. The zero-order chi connectivity index (χ0) is 25.0. The van der Waals surface area contributed by atoms with Gasteiger partial charge in [-0.3, -0.25) is 4.79 Å². The molecule has 2 aromatic carbocycles. The van der Waals surface area contributed by atoms with Gasteiger partial charge >= 0.3 is 12.1 Å². The molecule has 35 heavy (non-hydrogen) atoms. The number of carboxylic acid groups (broad SMARTS) is 1. The molecule has 9 heteroatoms. The number of aryl methyl sites for hydroxylation is 2. The monoisotopic (exact) mass is 502 g/mol. The fourth-order valence-electron chi connectivity index (χ4n) is 3.96. The number of ether oxygens (including phenoxy) is 1. The molecule has 0 spiro atoms. The van der Waals surface area contributed by atoms with Crippen molar-refractivity contribution in [2.75, 3.05) is 6.61 Å². The van der Waals surface area contributed by atoms with Crippen LogP contribution in [0.5, 0.6) is 5.75 Å². The van der Waals surface area contributed by atoms with Gasteiger partial charge in [-0.25, -0.2) is 4.98 Å². The van der Waals surface area contributed by atoms with Gasteiger partial charge in [0.2, 0.25) is 0 Å². The minimum atomic E-state index is -4.36. The lowest BCUT2D eigenvalue weighted by Gasteiger charge is -2.08. The summed E-state index contributed by atoms with van der Waals surface area (Å²) in [6.45, 7) is 2.43. The average molecular weight is 503 g/mol. The summed E-state index contributed by atoms with van der Waals surface area (Å²) in [5.41, 5.74) is 1.80. The maximum absolute atomic E-state index is 12.9. The van der Waals surface area contributed by atoms with Crippen LogP contribution in [0.15, 0.2) is 54.7 Å². The van der Waals surface area contributed by atoms with E-state index in [0.717, 1.165) is 64.3 Å². The Balaban J connectivity index is 1.42. The van der Waals surface area contributed by atoms with E-state index < -0.39 is 17.7 Å². The predicted molar refractivity (Wildman–Crippen MR) is 130 cm³/mol. The normalized spacial score (nSPS) is 11.8. The molecule has 4 rings (SSSR count). The lowest BCUT2D eigenvalue weighted by Crippen LogP contribution is -2.07. The van der Waals surface area contributed by atoms with Crippen LogP contribution in [0, 0.1) is 0 Å². The number of benzene rings is 2. The van der Waals surface area contributed by atoms with Crippen molar-refractivity contribution in [3.8, 4) is 16.3 Å². The van der Waals surface area contributed by atoms with E-state index >= 15 is 0 Å². The number of aliphatic carboxylic acids is 1. The van der Waals surface area contributed by atoms with Crippen molar-refractivity contribution < 1.29 is 27.8 Å². The first-order valence-electron chi connectivity index (χ1n) is 11.3. The maximum Gasteiger partial charge on any atom is 0.416 e. The molecule has 184 valence electrons. The smallest absolute Gasteiger partial charge is 0.416 e. The molecule has 0 fully saturated rings. The number of aromatic nitrogens is 2. The third-order valence-corrected chi connectivity index (χ3v) is 6.82. The van der Waals surface area contributed by atoms with Crippen molar-refractivity contribution >= 4 is 28.2 Å². The highest BCUT2D eigenvalue weighted by Crippen LogP contribution is 2.34. The second kappa shape index (κ2) is 10.5. The van der Waals surface area contributed by atoms with Crippen molar-refractivity contribution in [3.63, 3.8) is 0 Å². The lowest BCUT2D eigenvalue weighted by molar-refractivity contribution is -0.138. The third-order valence-electron chi connectivity index (χ3n) is 5.61. The molecule has 0 aliphatic carbocycles. The number of carboxylic acids is 1. The standard InChI is InChI=1S/C26H25F3N2O3S/c1-2-5-20-23(35-25(30-20)17-9-11-18(12-10-17)26(27,28)29)8-4-15-34-22-7-3-6-21-19(22)13-14-31(21)16-24(32)33/h3,6-7,9-14H,2,4-5,8,15-16H2,1H3,(H,32,33). The van der Waals surface area contributed by atoms with E-state index in [1.807, 2.05) is 24.3 Å². The Hall–Kier alpha value is -3.33. The van der Waals surface area contributed by atoms with Crippen molar-refractivity contribution in [2.45, 2.75) is 45.3 Å². The van der Waals surface area contributed by atoms with Gasteiger partial charge in [0, 0.05) is 22.0 Å². The summed E-state index contributed by atoms with van der Waals surface area (Å²) >= 11 is 1.52. The van der Waals surface area contributed by atoms with E-state index in [-0.39, 0.29) is 6.54 Å². The average Bonchev–Trinajstić information content (AvgIpc) is 3.41. The predicted octanol–water partition coefficient (Wildman–Crippen LogP) is 6.83. The SMILES string of the molecule is CCCc1nc(-c2ccc(C(F)(F)F)cc2)sc1CCCOc1cccc2c1ccn2CC(=O)O. The largest absolute Gasteiger partial charge is 0.493 e. The first kappa shape index (κ1) is 24.8. The van der Waals surface area contributed by atoms with Gasteiger partial charge in [0.1, 0.15) is 17.3 Å². The van der Waals surface area contributed by atoms with Gasteiger partial charge in [-0.1, -0.05) is 31.5 Å². The molecular formula is C26H25F3N2O3S. The zero-order valence-electron chi connectivity index (χ0n) is 19.1. The number of thiazole rings is 1. The highest BCUT2D eigenvalue weighted by molar-refractivity contribution is 7.15. The summed E-state index contributed by atoms with van der Waals surface area (Å²) in [5.74, 6) is -0.202. The number of alkyl halides is 3. The van der Waals surface area contributed by atoms with Crippen LogP contribution in [0.2, 0.25) is 0 Å². The molecule has 0 atom stereocenters. The topological polar surface area (TPSA) is 64.4 Å². The Kier molecular flexibility index (Phi) is 7.45. The quantitative estimate of drug-likeness (QED) is 0.241. The molecule has 0 saturated heterocycles. The van der Waals surface area contributed by atoms with Crippen molar-refractivity contribution in [2.24, 2.45) is 0 Å². The van der Waals surface area contributed by atoms with E-state index in [4.69, 9.17) is 14.8 Å². The van der Waals surface area contributed by atoms with Crippen molar-refractivity contribution in [1.82, 2.24) is 9.55 Å². The summed E-state index contributed by atoms with van der Waals surface area (Å²) in [6, 6.07) is 12.6. The Labute approximate surface area is 204 Å². The first-order valence-corrected chi connectivity index (χ1v) is 12.2. The molecule has 0 saturated carbocycles. The molecule has 2 aromatic heterocycles. The Morgan fingerprint density at radius 2 is 1.89 bits per heavy atom. The van der Waals surface area contributed by atoms with Crippen LogP contribution in [-0.4, -0.2) is 27.2 Å². The molecule has 0 radical (unpaired) electrons. The van der Waals surface area contributed by atoms with Gasteiger partial charge in [-0.2, -0.15) is 13.2 Å². The van der Waals surface area contributed by atoms with Crippen LogP contribution < -0.4 is 4.74 Å². The van der Waals surface area contributed by atoms with Crippen LogP contribution in [0.4, 0.5) is 13.2 Å². The fourth-order valence-corrected chi connectivity index (χ4v) is 5.11. The number of hydrogen-bond acceptors (Lipinski definition) is 4. The third kappa shape index (κ3) is 5.85. The van der Waals surface area contributed by atoms with Crippen LogP contribution >= 0.6 is 11.3 Å². The van der Waals surface area contributed by atoms with E-state index in [0.29, 0.717) is 17.9 Å². The molecule has 2 heterocycles. The molecule has 0 aliphatic heterocycles. The number of fused-ring (bicyclic) bond motifs is 1. The zero-order valence-corrected chi connectivity index (χ0v) is 20.0. The minimum Gasteiger partial charge on any atom is -0.493 e. The molecule has 0 bridgehead atoms. The summed E-state index contributed by atoms with van der Waals surface area (Å²) in [7, 11) is 0. The molecule has 0 amide bonds. The van der Waals surface area contributed by atoms with Gasteiger partial charge in [0.25, 0.3) is 0 Å². The molecule has 0 aliphatic rings. The summed E-state index contributed by atoms with van der Waals surface area (Å²) < 4.78 is 46.3. The van der Waals surface area contributed by atoms with Gasteiger partial charge in [-0.15, -0.1) is 11.3 Å². The summed E-state index contributed by atoms with van der Waals surface area (Å²) in [6.07, 6.45) is 0.617. The van der Waals surface area contributed by atoms with Crippen LogP contribution in [0.25, 0.3) is 21.5 Å². The van der Waals surface area contributed by atoms with E-state index in [2.05, 4.69) is 6.92 Å². The number of hydrogen-bond donors (Lipinski definition) is 1. The van der Waals surface area contributed by atoms with Gasteiger partial charge in [-0.05, 0) is 49.6 Å². The minimum absolute atomic E-state index is 0.111. The Morgan fingerprint density at radius 1 is 1.11 bits per heavy atom. The summed E-state index contributed by atoms with van der Waals surface area (Å²) in [5, 5.41) is 10.7. The Morgan fingerprint density at radius 3 is 2.57 bits per heavy atom. The fraction of sp³-hybridized carbons (Fsp3) is 0.308. The van der Waals surface area contributed by atoms with Gasteiger partial charge in [0.05, 0.1) is 23.4 Å². The maximum atomic E-state index is 12.9. The van der Waals surface area contributed by atoms with Crippen LogP contribution in [0.3, 0.4) is 0 Å². The molecule has 0 unspecified atom stereocenters. The highest BCUT2D eigenvalue weighted by Gasteiger charge is 2.30. The second-order valence-electron chi connectivity index (χ2n) is 8.19. The van der Waals surface area contributed by atoms with Crippen molar-refractivity contribution in [3.05, 3.63) is 70.9 Å². The summed E-state index contributed by atoms with van der Waals surface area (Å²) in [4.78, 5) is 16.9. The first-order chi connectivity index (χ1) is 16.8. The molecule has 1 N–H and O–H groups in total. The van der Waals surface area contributed by atoms with Crippen molar-refractivity contribution in [1.29, 1.82) is 0 Å².